The molecular weight excluding hydrogens is 426 g/mol. The lowest BCUT2D eigenvalue weighted by molar-refractivity contribution is -0.123. The van der Waals surface area contributed by atoms with Gasteiger partial charge in [0.25, 0.3) is 11.8 Å². The van der Waals surface area contributed by atoms with Crippen molar-refractivity contribution in [2.45, 2.75) is 19.4 Å². The van der Waals surface area contributed by atoms with Gasteiger partial charge in [0.15, 0.2) is 16.6 Å². The molecule has 2 heterocycles. The van der Waals surface area contributed by atoms with E-state index < -0.39 is 11.8 Å². The zero-order valence-corrected chi connectivity index (χ0v) is 18.4. The fourth-order valence-corrected chi connectivity index (χ4v) is 3.83. The van der Waals surface area contributed by atoms with E-state index in [4.69, 9.17) is 21.7 Å². The molecular formula is C24H23N3O4S. The molecule has 2 N–H and O–H groups in total. The van der Waals surface area contributed by atoms with Crippen LogP contribution in [-0.4, -0.2) is 35.2 Å². The Morgan fingerprint density at radius 3 is 2.41 bits per heavy atom. The van der Waals surface area contributed by atoms with Gasteiger partial charge in [-0.1, -0.05) is 30.3 Å². The second-order valence-electron chi connectivity index (χ2n) is 7.30. The van der Waals surface area contributed by atoms with E-state index in [-0.39, 0.29) is 10.7 Å². The van der Waals surface area contributed by atoms with Crippen LogP contribution in [0.4, 0.5) is 0 Å². The van der Waals surface area contributed by atoms with E-state index in [0.717, 1.165) is 47.4 Å². The van der Waals surface area contributed by atoms with Gasteiger partial charge < -0.3 is 14.0 Å². The smallest absolute Gasteiger partial charge is 0.263 e. The molecule has 1 aromatic heterocycles. The highest BCUT2D eigenvalue weighted by Crippen LogP contribution is 2.27. The molecule has 0 saturated carbocycles. The molecule has 164 valence electrons. The summed E-state index contributed by atoms with van der Waals surface area (Å²) in [7, 11) is 1.63. The number of fused-ring (bicyclic) bond motifs is 1. The third-order valence-electron chi connectivity index (χ3n) is 5.18. The summed E-state index contributed by atoms with van der Waals surface area (Å²) in [6, 6.07) is 15.5. The number of rotatable bonds is 8. The summed E-state index contributed by atoms with van der Waals surface area (Å²) in [5, 5.41) is 5.93. The van der Waals surface area contributed by atoms with Crippen molar-refractivity contribution in [3.05, 3.63) is 65.9 Å². The van der Waals surface area contributed by atoms with Crippen LogP contribution in [0.2, 0.25) is 0 Å². The molecule has 2 aromatic carbocycles. The van der Waals surface area contributed by atoms with Gasteiger partial charge in [-0.2, -0.15) is 0 Å². The molecule has 0 aliphatic carbocycles. The third-order valence-corrected chi connectivity index (χ3v) is 5.39. The van der Waals surface area contributed by atoms with Gasteiger partial charge in [-0.15, -0.1) is 0 Å². The summed E-state index contributed by atoms with van der Waals surface area (Å²) in [5.74, 6) is 0.463. The van der Waals surface area contributed by atoms with Crippen LogP contribution in [0.3, 0.4) is 0 Å². The van der Waals surface area contributed by atoms with Crippen molar-refractivity contribution in [2.24, 2.45) is 0 Å². The summed E-state index contributed by atoms with van der Waals surface area (Å²) in [5.41, 5.74) is 1.88. The highest BCUT2D eigenvalue weighted by molar-refractivity contribution is 7.80. The lowest BCUT2D eigenvalue weighted by Crippen LogP contribution is -2.51. The molecule has 0 radical (unpaired) electrons. The number of hydrogen-bond donors (Lipinski definition) is 2. The Morgan fingerprint density at radius 1 is 0.969 bits per heavy atom. The van der Waals surface area contributed by atoms with Crippen LogP contribution in [0, 0.1) is 0 Å². The van der Waals surface area contributed by atoms with Gasteiger partial charge >= 0.3 is 0 Å². The predicted molar refractivity (Wildman–Crippen MR) is 127 cm³/mol. The third kappa shape index (κ3) is 4.65. The summed E-state index contributed by atoms with van der Waals surface area (Å²) in [6.07, 6.45) is 5.34. The van der Waals surface area contributed by atoms with E-state index in [1.54, 1.807) is 13.2 Å². The minimum Gasteiger partial charge on any atom is -0.493 e. The highest BCUT2D eigenvalue weighted by Gasteiger charge is 2.26. The molecule has 3 aromatic rings. The van der Waals surface area contributed by atoms with Crippen molar-refractivity contribution in [3.8, 4) is 11.5 Å². The van der Waals surface area contributed by atoms with E-state index >= 15 is 0 Å². The number of nitrogens with zero attached hydrogens (tertiary/aromatic N) is 1. The van der Waals surface area contributed by atoms with E-state index in [0.29, 0.717) is 6.61 Å². The maximum Gasteiger partial charge on any atom is 0.263 e. The first-order chi connectivity index (χ1) is 15.6. The Balaban J connectivity index is 1.45. The molecule has 0 atom stereocenters. The number of thiocarbonyl (C=S) groups is 1. The number of aromatic nitrogens is 1. The van der Waals surface area contributed by atoms with Gasteiger partial charge in [-0.25, -0.2) is 0 Å². The van der Waals surface area contributed by atoms with Gasteiger partial charge in [-0.3, -0.25) is 20.2 Å². The van der Waals surface area contributed by atoms with Crippen molar-refractivity contribution >= 4 is 46.1 Å². The van der Waals surface area contributed by atoms with Crippen LogP contribution >= 0.6 is 12.2 Å². The zero-order valence-electron chi connectivity index (χ0n) is 17.6. The van der Waals surface area contributed by atoms with Gasteiger partial charge in [0.2, 0.25) is 0 Å². The maximum atomic E-state index is 12.2. The zero-order chi connectivity index (χ0) is 22.5. The van der Waals surface area contributed by atoms with Crippen LogP contribution in [0.15, 0.2) is 60.3 Å². The number of benzene rings is 2. The van der Waals surface area contributed by atoms with Crippen LogP contribution in [0.25, 0.3) is 17.0 Å². The number of hydrogen-bond acceptors (Lipinski definition) is 5. The Morgan fingerprint density at radius 2 is 1.66 bits per heavy atom. The molecule has 4 rings (SSSR count). The molecule has 8 heteroatoms. The van der Waals surface area contributed by atoms with E-state index in [1.807, 2.05) is 54.7 Å². The molecule has 1 aliphatic rings. The van der Waals surface area contributed by atoms with Gasteiger partial charge in [0.05, 0.1) is 13.7 Å². The first kappa shape index (κ1) is 21.6. The summed E-state index contributed by atoms with van der Waals surface area (Å²) >= 11 is 4.86. The molecule has 1 fully saturated rings. The molecule has 0 spiro atoms. The Hall–Kier alpha value is -3.65. The molecule has 32 heavy (non-hydrogen) atoms. The SMILES string of the molecule is COc1ccccc1OCCCCn1cc(C=C2C(=O)NC(=S)NC2=O)c2ccccc21. The topological polar surface area (TPSA) is 81.6 Å². The minimum absolute atomic E-state index is 0.0231. The molecule has 1 aliphatic heterocycles. The molecule has 1 saturated heterocycles. The van der Waals surface area contributed by atoms with E-state index in [9.17, 15) is 9.59 Å². The average Bonchev–Trinajstić information content (AvgIpc) is 3.14. The standard InChI is InChI=1S/C24H23N3O4S/c1-30-20-10-4-5-11-21(20)31-13-7-6-12-27-15-16(17-8-2-3-9-19(17)27)14-18-22(28)25-24(32)26-23(18)29/h2-5,8-11,14-15H,6-7,12-13H2,1H3,(H2,25,26,28,29,32). The second-order valence-corrected chi connectivity index (χ2v) is 7.71. The Bertz CT molecular complexity index is 1190. The van der Waals surface area contributed by atoms with Crippen LogP contribution in [0.5, 0.6) is 11.5 Å². The first-order valence-corrected chi connectivity index (χ1v) is 10.7. The number of nitrogens with one attached hydrogen (secondary N) is 2. The molecule has 0 unspecified atom stereocenters. The Kier molecular flexibility index (Phi) is 6.51. The second kappa shape index (κ2) is 9.65. The van der Waals surface area contributed by atoms with Crippen molar-refractivity contribution < 1.29 is 19.1 Å². The lowest BCUT2D eigenvalue weighted by Gasteiger charge is -2.16. The molecule has 0 bridgehead atoms. The van der Waals surface area contributed by atoms with Gasteiger partial charge in [-0.05, 0) is 49.3 Å². The largest absolute Gasteiger partial charge is 0.493 e. The lowest BCUT2D eigenvalue weighted by atomic mass is 10.1. The number of carbonyl (C=O) groups is 2. The van der Waals surface area contributed by atoms with Crippen molar-refractivity contribution in [2.75, 3.05) is 13.7 Å². The summed E-state index contributed by atoms with van der Waals surface area (Å²) < 4.78 is 13.3. The van der Waals surface area contributed by atoms with Crippen molar-refractivity contribution in [1.82, 2.24) is 15.2 Å². The fourth-order valence-electron chi connectivity index (χ4n) is 3.64. The van der Waals surface area contributed by atoms with Crippen LogP contribution in [0.1, 0.15) is 18.4 Å². The molecule has 2 amide bonds. The number of carbonyl (C=O) groups excluding carboxylic acids is 2. The van der Waals surface area contributed by atoms with E-state index in [2.05, 4.69) is 15.2 Å². The monoisotopic (exact) mass is 449 g/mol. The summed E-state index contributed by atoms with van der Waals surface area (Å²) in [4.78, 5) is 24.4. The van der Waals surface area contributed by atoms with Crippen LogP contribution in [-0.2, 0) is 16.1 Å². The van der Waals surface area contributed by atoms with Gasteiger partial charge in [0.1, 0.15) is 5.57 Å². The number of amides is 2. The quantitative estimate of drug-likeness (QED) is 0.238. The predicted octanol–water partition coefficient (Wildman–Crippen LogP) is 3.42. The number of ether oxygens (including phenoxy) is 2. The van der Waals surface area contributed by atoms with Crippen molar-refractivity contribution in [1.29, 1.82) is 0 Å². The average molecular weight is 450 g/mol. The normalized spacial score (nSPS) is 13.7. The maximum absolute atomic E-state index is 12.2. The van der Waals surface area contributed by atoms with E-state index in [1.165, 1.54) is 0 Å². The highest BCUT2D eigenvalue weighted by atomic mass is 32.1. The van der Waals surface area contributed by atoms with Crippen molar-refractivity contribution in [3.63, 3.8) is 0 Å². The minimum atomic E-state index is -0.496. The van der Waals surface area contributed by atoms with Crippen LogP contribution < -0.4 is 20.1 Å². The number of methoxy groups -OCH3 is 1. The number of aryl methyl sites for hydroxylation is 1. The summed E-state index contributed by atoms with van der Waals surface area (Å²) in [6.45, 7) is 1.36. The Labute approximate surface area is 191 Å². The number of para-hydroxylation sites is 3. The first-order valence-electron chi connectivity index (χ1n) is 10.3. The van der Waals surface area contributed by atoms with Gasteiger partial charge in [0, 0.05) is 29.2 Å². The fraction of sp³-hybridized carbons (Fsp3) is 0.208. The number of unbranched alkanes of at least 4 members (excludes halogenated alkanes) is 1. The molecule has 7 nitrogen and oxygen atoms in total.